The molecule has 1 aromatic heterocycles. The van der Waals surface area contributed by atoms with E-state index in [0.717, 1.165) is 22.4 Å². The van der Waals surface area contributed by atoms with Gasteiger partial charge in [-0.15, -0.1) is 5.10 Å². The van der Waals surface area contributed by atoms with Crippen LogP contribution in [-0.2, 0) is 12.8 Å². The lowest BCUT2D eigenvalue weighted by Crippen LogP contribution is -2.27. The second-order valence-electron chi connectivity index (χ2n) is 7.96. The molecule has 0 atom stereocenters. The largest absolute Gasteiger partial charge is 0.493 e. The Labute approximate surface area is 199 Å². The van der Waals surface area contributed by atoms with Crippen LogP contribution in [0.1, 0.15) is 33.1 Å². The SMILES string of the molecule is COc1ccc(CCNC(=O)c2nc(Cc3ccccc3)n(-c3ccc(C)cc3)n2)cc1OC. The number of carbonyl (C=O) groups is 1. The lowest BCUT2D eigenvalue weighted by molar-refractivity contribution is 0.0944. The summed E-state index contributed by atoms with van der Waals surface area (Å²) in [5.74, 6) is 1.89. The van der Waals surface area contributed by atoms with Crippen LogP contribution in [0.15, 0.2) is 72.8 Å². The van der Waals surface area contributed by atoms with Gasteiger partial charge in [0, 0.05) is 13.0 Å². The Morgan fingerprint density at radius 2 is 1.65 bits per heavy atom. The number of amides is 1. The molecule has 0 aliphatic heterocycles. The average Bonchev–Trinajstić information content (AvgIpc) is 3.28. The molecule has 0 spiro atoms. The number of aryl methyl sites for hydroxylation is 1. The summed E-state index contributed by atoms with van der Waals surface area (Å²) >= 11 is 0. The smallest absolute Gasteiger partial charge is 0.290 e. The van der Waals surface area contributed by atoms with E-state index < -0.39 is 0 Å². The van der Waals surface area contributed by atoms with Crippen molar-refractivity contribution in [2.45, 2.75) is 19.8 Å². The first kappa shape index (κ1) is 23.0. The van der Waals surface area contributed by atoms with Gasteiger partial charge < -0.3 is 14.8 Å². The fourth-order valence-corrected chi connectivity index (χ4v) is 3.66. The Morgan fingerprint density at radius 1 is 0.912 bits per heavy atom. The van der Waals surface area contributed by atoms with Crippen LogP contribution in [0, 0.1) is 6.92 Å². The van der Waals surface area contributed by atoms with E-state index >= 15 is 0 Å². The van der Waals surface area contributed by atoms with Gasteiger partial charge in [-0.2, -0.15) is 0 Å². The number of hydrogen-bond donors (Lipinski definition) is 1. The van der Waals surface area contributed by atoms with Crippen molar-refractivity contribution in [1.29, 1.82) is 0 Å². The van der Waals surface area contributed by atoms with E-state index in [9.17, 15) is 4.79 Å². The van der Waals surface area contributed by atoms with Gasteiger partial charge >= 0.3 is 0 Å². The Kier molecular flexibility index (Phi) is 7.22. The molecule has 1 amide bonds. The molecule has 4 rings (SSSR count). The van der Waals surface area contributed by atoms with Gasteiger partial charge in [0.25, 0.3) is 5.91 Å². The monoisotopic (exact) mass is 456 g/mol. The van der Waals surface area contributed by atoms with Gasteiger partial charge in [-0.25, -0.2) is 9.67 Å². The van der Waals surface area contributed by atoms with E-state index in [2.05, 4.69) is 15.4 Å². The fourth-order valence-electron chi connectivity index (χ4n) is 3.66. The standard InChI is InChI=1S/C27H28N4O3/c1-19-9-12-22(13-10-19)31-25(18-20-7-5-4-6-8-20)29-26(30-31)27(32)28-16-15-21-11-14-23(33-2)24(17-21)34-3/h4-14,17H,15-16,18H2,1-3H3,(H,28,32). The lowest BCUT2D eigenvalue weighted by atomic mass is 10.1. The molecule has 0 aliphatic rings. The number of methoxy groups -OCH3 is 2. The third-order valence-electron chi connectivity index (χ3n) is 5.51. The molecule has 7 nitrogen and oxygen atoms in total. The summed E-state index contributed by atoms with van der Waals surface area (Å²) in [7, 11) is 3.21. The highest BCUT2D eigenvalue weighted by atomic mass is 16.5. The minimum Gasteiger partial charge on any atom is -0.493 e. The maximum absolute atomic E-state index is 12.9. The van der Waals surface area contributed by atoms with Crippen LogP contribution >= 0.6 is 0 Å². The van der Waals surface area contributed by atoms with Crippen LogP contribution in [0.2, 0.25) is 0 Å². The molecule has 0 aliphatic carbocycles. The summed E-state index contributed by atoms with van der Waals surface area (Å²) in [6.07, 6.45) is 1.21. The molecule has 0 bridgehead atoms. The van der Waals surface area contributed by atoms with Crippen molar-refractivity contribution in [3.05, 3.63) is 101 Å². The number of ether oxygens (including phenoxy) is 2. The Hall–Kier alpha value is -4.13. The second-order valence-corrected chi connectivity index (χ2v) is 7.96. The van der Waals surface area contributed by atoms with Crippen molar-refractivity contribution < 1.29 is 14.3 Å². The summed E-state index contributed by atoms with van der Waals surface area (Å²) in [4.78, 5) is 17.5. The first-order valence-electron chi connectivity index (χ1n) is 11.1. The Morgan fingerprint density at radius 3 is 2.35 bits per heavy atom. The lowest BCUT2D eigenvalue weighted by Gasteiger charge is -2.09. The van der Waals surface area contributed by atoms with Crippen molar-refractivity contribution in [2.24, 2.45) is 0 Å². The fraction of sp³-hybridized carbons (Fsp3) is 0.222. The van der Waals surface area contributed by atoms with E-state index in [0.29, 0.717) is 36.7 Å². The molecule has 1 heterocycles. The van der Waals surface area contributed by atoms with E-state index in [4.69, 9.17) is 9.47 Å². The van der Waals surface area contributed by atoms with Crippen LogP contribution in [0.25, 0.3) is 5.69 Å². The number of rotatable bonds is 9. The molecule has 1 N–H and O–H groups in total. The van der Waals surface area contributed by atoms with Crippen LogP contribution in [0.4, 0.5) is 0 Å². The number of benzene rings is 3. The van der Waals surface area contributed by atoms with Gasteiger partial charge in [-0.05, 0) is 48.7 Å². The third kappa shape index (κ3) is 5.43. The van der Waals surface area contributed by atoms with Crippen LogP contribution in [0.3, 0.4) is 0 Å². The number of carbonyl (C=O) groups excluding carboxylic acids is 1. The molecular weight excluding hydrogens is 428 g/mol. The number of aromatic nitrogens is 3. The molecular formula is C27H28N4O3. The van der Waals surface area contributed by atoms with Crippen molar-refractivity contribution in [3.63, 3.8) is 0 Å². The molecule has 0 fully saturated rings. The van der Waals surface area contributed by atoms with Gasteiger partial charge in [-0.1, -0.05) is 54.1 Å². The predicted molar refractivity (Wildman–Crippen MR) is 131 cm³/mol. The maximum atomic E-state index is 12.9. The highest BCUT2D eigenvalue weighted by Crippen LogP contribution is 2.27. The minimum absolute atomic E-state index is 0.152. The molecule has 3 aromatic carbocycles. The molecule has 0 unspecified atom stereocenters. The number of nitrogens with zero attached hydrogens (tertiary/aromatic N) is 3. The summed E-state index contributed by atoms with van der Waals surface area (Å²) < 4.78 is 12.4. The zero-order chi connectivity index (χ0) is 23.9. The summed E-state index contributed by atoms with van der Waals surface area (Å²) in [6, 6.07) is 23.8. The highest BCUT2D eigenvalue weighted by molar-refractivity contribution is 5.90. The highest BCUT2D eigenvalue weighted by Gasteiger charge is 2.18. The Bertz CT molecular complexity index is 1250. The predicted octanol–water partition coefficient (Wildman–Crippen LogP) is 4.16. The number of nitrogens with one attached hydrogen (secondary N) is 1. The third-order valence-corrected chi connectivity index (χ3v) is 5.51. The molecule has 4 aromatic rings. The van der Waals surface area contributed by atoms with E-state index in [-0.39, 0.29) is 11.7 Å². The van der Waals surface area contributed by atoms with Gasteiger partial charge in [0.2, 0.25) is 5.82 Å². The first-order valence-corrected chi connectivity index (χ1v) is 11.1. The van der Waals surface area contributed by atoms with Gasteiger partial charge in [0.15, 0.2) is 11.5 Å². The summed E-state index contributed by atoms with van der Waals surface area (Å²) in [5, 5.41) is 7.47. The second kappa shape index (κ2) is 10.7. The van der Waals surface area contributed by atoms with Gasteiger partial charge in [-0.3, -0.25) is 4.79 Å². The van der Waals surface area contributed by atoms with Crippen LogP contribution in [0.5, 0.6) is 11.5 Å². The molecule has 0 saturated carbocycles. The van der Waals surface area contributed by atoms with Crippen molar-refractivity contribution >= 4 is 5.91 Å². The average molecular weight is 457 g/mol. The summed E-state index contributed by atoms with van der Waals surface area (Å²) in [5.41, 5.74) is 4.15. The molecule has 0 radical (unpaired) electrons. The van der Waals surface area contributed by atoms with Crippen molar-refractivity contribution in [3.8, 4) is 17.2 Å². The zero-order valence-corrected chi connectivity index (χ0v) is 19.6. The zero-order valence-electron chi connectivity index (χ0n) is 19.6. The van der Waals surface area contributed by atoms with Crippen LogP contribution < -0.4 is 14.8 Å². The minimum atomic E-state index is -0.305. The van der Waals surface area contributed by atoms with Gasteiger partial charge in [0.05, 0.1) is 19.9 Å². The maximum Gasteiger partial charge on any atom is 0.290 e. The van der Waals surface area contributed by atoms with Crippen molar-refractivity contribution in [2.75, 3.05) is 20.8 Å². The van der Waals surface area contributed by atoms with E-state index in [1.165, 1.54) is 0 Å². The quantitative estimate of drug-likeness (QED) is 0.409. The van der Waals surface area contributed by atoms with E-state index in [1.54, 1.807) is 18.9 Å². The first-order chi connectivity index (χ1) is 16.6. The normalized spacial score (nSPS) is 10.7. The molecule has 34 heavy (non-hydrogen) atoms. The van der Waals surface area contributed by atoms with Crippen LogP contribution in [-0.4, -0.2) is 41.4 Å². The topological polar surface area (TPSA) is 78.3 Å². The Balaban J connectivity index is 1.50. The molecule has 0 saturated heterocycles. The molecule has 174 valence electrons. The summed E-state index contributed by atoms with van der Waals surface area (Å²) in [6.45, 7) is 2.48. The number of hydrogen-bond acceptors (Lipinski definition) is 5. The van der Waals surface area contributed by atoms with E-state index in [1.807, 2.05) is 79.7 Å². The molecule has 7 heteroatoms. The van der Waals surface area contributed by atoms with Gasteiger partial charge in [0.1, 0.15) is 5.82 Å². The van der Waals surface area contributed by atoms with Crippen molar-refractivity contribution in [1.82, 2.24) is 20.1 Å².